The minimum Gasteiger partial charge on any atom is -0.403 e. The van der Waals surface area contributed by atoms with Crippen LogP contribution in [0.5, 0.6) is 5.75 Å². The van der Waals surface area contributed by atoms with Crippen LogP contribution in [0.1, 0.15) is 35.8 Å². The number of phosphoric ester groups is 1. The van der Waals surface area contributed by atoms with E-state index in [0.29, 0.717) is 11.1 Å². The van der Waals surface area contributed by atoms with Gasteiger partial charge in [-0.15, -0.1) is 0 Å². The fraction of sp³-hybridized carbons (Fsp3) is 0.444. The largest absolute Gasteiger partial charge is 0.534 e. The first-order valence-electron chi connectivity index (χ1n) is 9.34. The maximum atomic E-state index is 12.9. The van der Waals surface area contributed by atoms with Crippen LogP contribution in [0.15, 0.2) is 27.9 Å². The third kappa shape index (κ3) is 4.35. The van der Waals surface area contributed by atoms with Crippen molar-refractivity contribution >= 4 is 19.4 Å². The van der Waals surface area contributed by atoms with Crippen molar-refractivity contribution in [3.63, 3.8) is 0 Å². The van der Waals surface area contributed by atoms with Crippen molar-refractivity contribution < 1.29 is 33.1 Å². The predicted octanol–water partition coefficient (Wildman–Crippen LogP) is 1.86. The van der Waals surface area contributed by atoms with E-state index in [-0.39, 0.29) is 30.2 Å². The van der Waals surface area contributed by atoms with Crippen molar-refractivity contribution in [3.8, 4) is 5.75 Å². The number of hydrogen-bond acceptors (Lipinski definition) is 9. The van der Waals surface area contributed by atoms with Gasteiger partial charge in [0.05, 0.1) is 6.61 Å². The molecule has 3 N–H and O–H groups in total. The zero-order chi connectivity index (χ0) is 22.6. The summed E-state index contributed by atoms with van der Waals surface area (Å²) in [6.07, 6.45) is -1.09. The normalized spacial score (nSPS) is 25.8. The summed E-state index contributed by atoms with van der Waals surface area (Å²) < 4.78 is 35.0. The number of nitrogens with zero attached hydrogens (tertiary/aromatic N) is 1. The molecule has 0 spiro atoms. The number of aliphatic hydroxyl groups is 2. The Morgan fingerprint density at radius 2 is 2.03 bits per heavy atom. The number of halogens is 1. The fourth-order valence-corrected chi connectivity index (χ4v) is 5.13. The molecule has 2 aromatic rings. The van der Waals surface area contributed by atoms with Crippen molar-refractivity contribution in [1.82, 2.24) is 9.55 Å². The van der Waals surface area contributed by atoms with Crippen LogP contribution in [0.25, 0.3) is 0 Å². The number of ether oxygens (including phenoxy) is 1. The van der Waals surface area contributed by atoms with Crippen LogP contribution in [-0.4, -0.2) is 31.8 Å². The van der Waals surface area contributed by atoms with Gasteiger partial charge >= 0.3 is 19.5 Å². The van der Waals surface area contributed by atoms with E-state index in [1.54, 1.807) is 13.0 Å². The summed E-state index contributed by atoms with van der Waals surface area (Å²) in [7, 11) is -4.39. The Hall–Kier alpha value is -1.98. The summed E-state index contributed by atoms with van der Waals surface area (Å²) in [5.74, 6) is -2.76. The molecule has 0 radical (unpaired) electrons. The third-order valence-electron chi connectivity index (χ3n) is 4.97. The van der Waals surface area contributed by atoms with Gasteiger partial charge in [-0.25, -0.2) is 13.9 Å². The minimum atomic E-state index is -4.39. The Balaban J connectivity index is 1.51. The maximum Gasteiger partial charge on any atom is 0.534 e. The van der Waals surface area contributed by atoms with E-state index in [1.165, 1.54) is 0 Å². The molecule has 0 aliphatic carbocycles. The predicted molar refractivity (Wildman–Crippen MR) is 107 cm³/mol. The summed E-state index contributed by atoms with van der Waals surface area (Å²) >= 11 is 5.75. The molecular weight excluding hydrogens is 455 g/mol. The Kier molecular flexibility index (Phi) is 5.63. The average Bonchev–Trinajstić information content (AvgIpc) is 3.16. The Labute approximate surface area is 180 Å². The summed E-state index contributed by atoms with van der Waals surface area (Å²) in [4.78, 5) is 25.4. The van der Waals surface area contributed by atoms with Gasteiger partial charge in [-0.2, -0.15) is 0 Å². The minimum absolute atomic E-state index is 0.0235. The Morgan fingerprint density at radius 3 is 2.77 bits per heavy atom. The van der Waals surface area contributed by atoms with Crippen LogP contribution >= 0.6 is 19.4 Å². The zero-order valence-corrected chi connectivity index (χ0v) is 18.2. The second kappa shape index (κ2) is 7.86. The van der Waals surface area contributed by atoms with E-state index in [4.69, 9.17) is 29.9 Å². The highest BCUT2D eigenvalue weighted by atomic mass is 35.5. The molecule has 1 aromatic heterocycles. The molecule has 2 aliphatic heterocycles. The van der Waals surface area contributed by atoms with Gasteiger partial charge in [-0.1, -0.05) is 29.3 Å². The summed E-state index contributed by atoms with van der Waals surface area (Å²) in [5.41, 5.74) is 0.768. The van der Waals surface area contributed by atoms with Crippen molar-refractivity contribution in [2.45, 2.75) is 51.6 Å². The van der Waals surface area contributed by atoms with E-state index >= 15 is 0 Å². The number of hydrogen-bond donors (Lipinski definition) is 3. The molecule has 0 bridgehead atoms. The number of benzene rings is 1. The van der Waals surface area contributed by atoms with E-state index < -0.39 is 37.4 Å². The van der Waals surface area contributed by atoms with Crippen LogP contribution in [0.4, 0.5) is 0 Å². The molecule has 13 heteroatoms. The molecule has 3 atom stereocenters. The fourth-order valence-electron chi connectivity index (χ4n) is 3.61. The van der Waals surface area contributed by atoms with Gasteiger partial charge in [-0.3, -0.25) is 18.9 Å². The Morgan fingerprint density at radius 1 is 1.29 bits per heavy atom. The molecule has 3 heterocycles. The quantitative estimate of drug-likeness (QED) is 0.445. The smallest absolute Gasteiger partial charge is 0.403 e. The van der Waals surface area contributed by atoms with Crippen molar-refractivity contribution in [2.24, 2.45) is 0 Å². The van der Waals surface area contributed by atoms with E-state index in [2.05, 4.69) is 0 Å². The van der Waals surface area contributed by atoms with Gasteiger partial charge < -0.3 is 19.5 Å². The van der Waals surface area contributed by atoms with Gasteiger partial charge in [0.1, 0.15) is 23.1 Å². The van der Waals surface area contributed by atoms with Gasteiger partial charge in [0, 0.05) is 11.8 Å². The van der Waals surface area contributed by atoms with Gasteiger partial charge in [-0.05, 0) is 32.3 Å². The number of rotatable bonds is 4. The van der Waals surface area contributed by atoms with Crippen LogP contribution in [-0.2, 0) is 25.0 Å². The molecule has 168 valence electrons. The molecule has 0 amide bonds. The number of nitrogens with one attached hydrogen (secondary N) is 1. The lowest BCUT2D eigenvalue weighted by Gasteiger charge is -2.33. The lowest BCUT2D eigenvalue weighted by molar-refractivity contribution is -0.349. The van der Waals surface area contributed by atoms with E-state index in [1.807, 2.05) is 18.0 Å². The summed E-state index contributed by atoms with van der Waals surface area (Å²) in [6, 6.07) is 3.62. The van der Waals surface area contributed by atoms with E-state index in [0.717, 1.165) is 16.3 Å². The Bertz CT molecular complexity index is 1190. The second-order valence-corrected chi connectivity index (χ2v) is 9.36. The molecular formula is C18H20ClN2O9P. The monoisotopic (exact) mass is 474 g/mol. The number of aryl methyl sites for hydroxylation is 2. The standard InChI is InChI=1S/C18H20ClN2O9P/c1-9-5-10(2)15-11(6-9)8-27-31(26,29-15)30-18(24,25)13-3-4-14(28-13)21-7-12(19)16(22)20-17(21)23/h5-7,13-14,24-25H,3-4,8H2,1-2H3,(H,20,22,23). The van der Waals surface area contributed by atoms with Crippen LogP contribution in [0, 0.1) is 13.8 Å². The van der Waals surface area contributed by atoms with Crippen LogP contribution in [0.2, 0.25) is 5.02 Å². The molecule has 1 saturated heterocycles. The topological polar surface area (TPSA) is 149 Å². The van der Waals surface area contributed by atoms with Crippen LogP contribution < -0.4 is 15.8 Å². The summed E-state index contributed by atoms with van der Waals surface area (Å²) in [6.45, 7) is 3.54. The summed E-state index contributed by atoms with van der Waals surface area (Å²) in [5, 5.41) is 20.6. The molecule has 1 fully saturated rings. The van der Waals surface area contributed by atoms with Gasteiger partial charge in [0.15, 0.2) is 0 Å². The van der Waals surface area contributed by atoms with Crippen molar-refractivity contribution in [2.75, 3.05) is 0 Å². The number of fused-ring (bicyclic) bond motifs is 1. The molecule has 2 aliphatic rings. The SMILES string of the molecule is Cc1cc(C)c2c(c1)COP(=O)(OC(O)(O)C1CCC(n3cc(Cl)c(=O)[nH]c3=O)O1)O2. The average molecular weight is 475 g/mol. The molecule has 0 saturated carbocycles. The lowest BCUT2D eigenvalue weighted by Crippen LogP contribution is -2.45. The number of phosphoric acid groups is 1. The third-order valence-corrected chi connectivity index (χ3v) is 6.59. The highest BCUT2D eigenvalue weighted by Crippen LogP contribution is 2.58. The van der Waals surface area contributed by atoms with E-state index in [9.17, 15) is 24.4 Å². The number of aromatic amines is 1. The second-order valence-electron chi connectivity index (χ2n) is 7.43. The maximum absolute atomic E-state index is 12.9. The molecule has 31 heavy (non-hydrogen) atoms. The van der Waals surface area contributed by atoms with Crippen molar-refractivity contribution in [1.29, 1.82) is 0 Å². The van der Waals surface area contributed by atoms with Gasteiger partial charge in [0.25, 0.3) is 5.56 Å². The zero-order valence-electron chi connectivity index (χ0n) is 16.5. The first kappa shape index (κ1) is 22.2. The van der Waals surface area contributed by atoms with Crippen LogP contribution in [0.3, 0.4) is 0 Å². The molecule has 4 rings (SSSR count). The number of aromatic nitrogens is 2. The highest BCUT2D eigenvalue weighted by Gasteiger charge is 2.51. The first-order chi connectivity index (χ1) is 14.5. The highest BCUT2D eigenvalue weighted by molar-refractivity contribution is 7.49. The molecule has 11 nitrogen and oxygen atoms in total. The number of H-pyrrole nitrogens is 1. The first-order valence-corrected chi connectivity index (χ1v) is 11.2. The van der Waals surface area contributed by atoms with Gasteiger partial charge in [0.2, 0.25) is 0 Å². The molecule has 3 unspecified atom stereocenters. The molecule has 1 aromatic carbocycles. The van der Waals surface area contributed by atoms with Crippen molar-refractivity contribution in [3.05, 3.63) is 60.9 Å². The lowest BCUT2D eigenvalue weighted by atomic mass is 10.1.